The summed E-state index contributed by atoms with van der Waals surface area (Å²) in [5.41, 5.74) is 7.68. The highest BCUT2D eigenvalue weighted by Gasteiger charge is 2.15. The van der Waals surface area contributed by atoms with Gasteiger partial charge in [0.1, 0.15) is 0 Å². The number of benzene rings is 1. The van der Waals surface area contributed by atoms with Crippen molar-refractivity contribution in [1.29, 1.82) is 0 Å². The number of aromatic nitrogens is 5. The quantitative estimate of drug-likeness (QED) is 0.353. The zero-order valence-corrected chi connectivity index (χ0v) is 19.7. The van der Waals surface area contributed by atoms with Crippen LogP contribution >= 0.6 is 47.2 Å². The van der Waals surface area contributed by atoms with Crippen molar-refractivity contribution >= 4 is 59.1 Å². The van der Waals surface area contributed by atoms with Crippen LogP contribution in [-0.2, 0) is 19.4 Å². The van der Waals surface area contributed by atoms with Gasteiger partial charge in [-0.1, -0.05) is 46.4 Å². The van der Waals surface area contributed by atoms with Gasteiger partial charge in [-0.2, -0.15) is 0 Å². The van der Waals surface area contributed by atoms with Crippen LogP contribution in [0.4, 0.5) is 5.95 Å². The van der Waals surface area contributed by atoms with Gasteiger partial charge in [0, 0.05) is 24.0 Å². The van der Waals surface area contributed by atoms with Gasteiger partial charge in [-0.05, 0) is 37.8 Å². The molecule has 0 saturated heterocycles. The Bertz CT molecular complexity index is 982. The number of halogens is 4. The van der Waals surface area contributed by atoms with Crippen LogP contribution in [0.3, 0.4) is 0 Å². The molecule has 0 unspecified atom stereocenters. The van der Waals surface area contributed by atoms with Crippen molar-refractivity contribution in [2.24, 2.45) is 0 Å². The summed E-state index contributed by atoms with van der Waals surface area (Å²) >= 11 is 18.0. The molecule has 31 heavy (non-hydrogen) atoms. The van der Waals surface area contributed by atoms with Crippen molar-refractivity contribution in [2.75, 3.05) is 12.3 Å². The number of hydrogen-bond acceptors (Lipinski definition) is 5. The predicted molar refractivity (Wildman–Crippen MR) is 125 cm³/mol. The Kier molecular flexibility index (Phi) is 9.90. The minimum Gasteiger partial charge on any atom is -0.369 e. The Morgan fingerprint density at radius 1 is 1.10 bits per heavy atom. The lowest BCUT2D eigenvalue weighted by molar-refractivity contribution is 0.0952. The average molecular weight is 507 g/mol. The molecule has 0 aliphatic rings. The molecular weight excluding hydrogens is 484 g/mol. The fourth-order valence-corrected chi connectivity index (χ4v) is 3.98. The van der Waals surface area contributed by atoms with Crippen molar-refractivity contribution in [1.82, 2.24) is 30.3 Å². The molecule has 168 valence electrons. The molecule has 8 nitrogen and oxygen atoms in total. The second-order valence-electron chi connectivity index (χ2n) is 6.81. The Hall–Kier alpha value is -2.00. The van der Waals surface area contributed by atoms with Crippen LogP contribution in [0.15, 0.2) is 24.5 Å². The average Bonchev–Trinajstić information content (AvgIpc) is 3.29. The lowest BCUT2D eigenvalue weighted by Gasteiger charge is -2.09. The van der Waals surface area contributed by atoms with Crippen molar-refractivity contribution < 1.29 is 4.79 Å². The van der Waals surface area contributed by atoms with Gasteiger partial charge >= 0.3 is 0 Å². The number of H-pyrrole nitrogens is 1. The van der Waals surface area contributed by atoms with Crippen LogP contribution < -0.4 is 11.1 Å². The molecule has 1 amide bonds. The van der Waals surface area contributed by atoms with E-state index in [1.165, 1.54) is 12.1 Å². The molecule has 0 aliphatic carbocycles. The first-order valence-corrected chi connectivity index (χ1v) is 10.7. The normalized spacial score (nSPS) is 10.7. The summed E-state index contributed by atoms with van der Waals surface area (Å²) in [4.78, 5) is 19.4. The Morgan fingerprint density at radius 2 is 1.77 bits per heavy atom. The SMILES string of the molecule is Cl.Nc1nc(CCCCCc2cn(CCNC(=O)c3c(Cl)cc(Cl)cc3Cl)nn2)c[nH]1. The number of carbonyl (C=O) groups is 1. The van der Waals surface area contributed by atoms with Gasteiger partial charge in [-0.3, -0.25) is 9.48 Å². The lowest BCUT2D eigenvalue weighted by atomic mass is 10.1. The number of anilines is 1. The molecule has 0 aliphatic heterocycles. The van der Waals surface area contributed by atoms with Gasteiger partial charge in [-0.15, -0.1) is 17.5 Å². The number of aromatic amines is 1. The molecule has 2 aromatic heterocycles. The van der Waals surface area contributed by atoms with Gasteiger partial charge in [0.25, 0.3) is 5.91 Å². The summed E-state index contributed by atoms with van der Waals surface area (Å²) in [6.45, 7) is 0.853. The largest absolute Gasteiger partial charge is 0.369 e. The summed E-state index contributed by atoms with van der Waals surface area (Å²) in [6.07, 6.45) is 8.62. The number of unbranched alkanes of at least 4 members (excludes halogenated alkanes) is 2. The van der Waals surface area contributed by atoms with E-state index in [9.17, 15) is 4.79 Å². The number of nitrogens with one attached hydrogen (secondary N) is 2. The lowest BCUT2D eigenvalue weighted by Crippen LogP contribution is -2.28. The van der Waals surface area contributed by atoms with Crippen LogP contribution in [0.1, 0.15) is 41.0 Å². The third-order valence-electron chi connectivity index (χ3n) is 4.46. The number of hydrogen-bond donors (Lipinski definition) is 3. The van der Waals surface area contributed by atoms with E-state index < -0.39 is 0 Å². The minimum atomic E-state index is -0.360. The maximum absolute atomic E-state index is 12.3. The number of nitrogens with zero attached hydrogens (tertiary/aromatic N) is 4. The molecule has 3 aromatic rings. The Morgan fingerprint density at radius 3 is 2.42 bits per heavy atom. The molecule has 0 bridgehead atoms. The second kappa shape index (κ2) is 12.1. The monoisotopic (exact) mass is 505 g/mol. The van der Waals surface area contributed by atoms with Gasteiger partial charge in [0.15, 0.2) is 5.95 Å². The first-order valence-electron chi connectivity index (χ1n) is 9.54. The second-order valence-corrected chi connectivity index (χ2v) is 8.06. The van der Waals surface area contributed by atoms with E-state index in [-0.39, 0.29) is 33.9 Å². The van der Waals surface area contributed by atoms with E-state index in [0.717, 1.165) is 43.5 Å². The minimum absolute atomic E-state index is 0. The zero-order chi connectivity index (χ0) is 21.5. The van der Waals surface area contributed by atoms with Crippen molar-refractivity contribution in [3.05, 3.63) is 56.5 Å². The zero-order valence-electron chi connectivity index (χ0n) is 16.6. The summed E-state index contributed by atoms with van der Waals surface area (Å²) in [5, 5.41) is 11.9. The topological polar surface area (TPSA) is 115 Å². The molecule has 0 atom stereocenters. The molecule has 3 rings (SSSR count). The van der Waals surface area contributed by atoms with Crippen molar-refractivity contribution in [2.45, 2.75) is 38.6 Å². The number of imidazole rings is 1. The fraction of sp³-hybridized carbons (Fsp3) is 0.368. The van der Waals surface area contributed by atoms with Crippen molar-refractivity contribution in [3.8, 4) is 0 Å². The predicted octanol–water partition coefficient (Wildman–Crippen LogP) is 4.35. The smallest absolute Gasteiger partial charge is 0.254 e. The molecule has 0 spiro atoms. The summed E-state index contributed by atoms with van der Waals surface area (Å²) in [6, 6.07) is 2.97. The highest BCUT2D eigenvalue weighted by molar-refractivity contribution is 6.42. The standard InChI is InChI=1S/C19H22Cl3N7O.ClH/c20-12-8-15(21)17(16(22)9-12)18(30)24-6-7-29-11-14(27-28-29)5-3-1-2-4-13-10-25-19(23)26-13;/h8-11H,1-7H2,(H,24,30)(H3,23,25,26);1H. The number of amides is 1. The molecule has 2 heterocycles. The number of nitrogen functional groups attached to an aromatic ring is 1. The van der Waals surface area contributed by atoms with Gasteiger partial charge < -0.3 is 16.0 Å². The third-order valence-corrected chi connectivity index (χ3v) is 5.28. The van der Waals surface area contributed by atoms with E-state index in [1.807, 2.05) is 12.4 Å². The van der Waals surface area contributed by atoms with Gasteiger partial charge in [-0.25, -0.2) is 4.98 Å². The highest BCUT2D eigenvalue weighted by Crippen LogP contribution is 2.28. The van der Waals surface area contributed by atoms with Gasteiger partial charge in [0.05, 0.1) is 33.5 Å². The Labute approximate surface area is 201 Å². The number of carbonyl (C=O) groups excluding carboxylic acids is 1. The molecule has 4 N–H and O–H groups in total. The van der Waals surface area contributed by atoms with Gasteiger partial charge in [0.2, 0.25) is 0 Å². The maximum atomic E-state index is 12.3. The van der Waals surface area contributed by atoms with Crippen LogP contribution in [0.25, 0.3) is 0 Å². The molecular formula is C19H23Cl4N7O. The third kappa shape index (κ3) is 7.57. The summed E-state index contributed by atoms with van der Waals surface area (Å²) in [7, 11) is 0. The highest BCUT2D eigenvalue weighted by atomic mass is 35.5. The first-order chi connectivity index (χ1) is 14.4. The molecule has 0 radical (unpaired) electrons. The van der Waals surface area contributed by atoms with Crippen LogP contribution in [0.5, 0.6) is 0 Å². The van der Waals surface area contributed by atoms with Crippen molar-refractivity contribution in [3.63, 3.8) is 0 Å². The summed E-state index contributed by atoms with van der Waals surface area (Å²) in [5.74, 6) is 0.0952. The van der Waals surface area contributed by atoms with Crippen LogP contribution in [-0.4, -0.2) is 37.4 Å². The molecule has 0 fully saturated rings. The number of aryl methyl sites for hydroxylation is 2. The molecule has 0 saturated carbocycles. The van der Waals surface area contributed by atoms with E-state index >= 15 is 0 Å². The van der Waals surface area contributed by atoms with E-state index in [0.29, 0.717) is 24.1 Å². The Balaban J connectivity index is 0.00000341. The molecule has 1 aromatic carbocycles. The van der Waals surface area contributed by atoms with E-state index in [2.05, 4.69) is 25.6 Å². The van der Waals surface area contributed by atoms with E-state index in [1.54, 1.807) is 4.68 Å². The molecule has 12 heteroatoms. The fourth-order valence-electron chi connectivity index (χ4n) is 2.99. The number of rotatable bonds is 10. The number of nitrogens with two attached hydrogens (primary N) is 1. The summed E-state index contributed by atoms with van der Waals surface area (Å²) < 4.78 is 1.70. The van der Waals surface area contributed by atoms with Crippen LogP contribution in [0.2, 0.25) is 15.1 Å². The van der Waals surface area contributed by atoms with E-state index in [4.69, 9.17) is 40.5 Å². The first kappa shape index (κ1) is 25.3. The maximum Gasteiger partial charge on any atom is 0.254 e. The van der Waals surface area contributed by atoms with Crippen LogP contribution in [0, 0.1) is 0 Å².